The standard InChI is InChI=1S/C22H31N6O9P/c1-14(2)35-21(31)15(3)26-38(33,37-17-8-6-5-7-9-17)34-13-18(16(4)29)36-20(12-24-27-23)28-11-10-19(30)25-22(28)32/h5-11,14-16,18,20,29H,12-13H2,1-4H3,(H,26,33)(H,25,30,32)/t15-,16?,18+,20+,38?/m0/s1. The third kappa shape index (κ3) is 9.78. The van der Waals surface area contributed by atoms with Crippen molar-refractivity contribution in [2.24, 2.45) is 5.11 Å². The van der Waals surface area contributed by atoms with Gasteiger partial charge in [-0.3, -0.25) is 23.7 Å². The minimum Gasteiger partial charge on any atom is -0.462 e. The average molecular weight is 554 g/mol. The van der Waals surface area contributed by atoms with Gasteiger partial charge in [0.2, 0.25) is 0 Å². The topological polar surface area (TPSA) is 207 Å². The number of hydrogen-bond acceptors (Lipinski definition) is 10. The maximum Gasteiger partial charge on any atom is 0.459 e. The lowest BCUT2D eigenvalue weighted by Crippen LogP contribution is -2.40. The summed E-state index contributed by atoms with van der Waals surface area (Å²) in [6.45, 7) is 5.15. The summed E-state index contributed by atoms with van der Waals surface area (Å²) in [5.41, 5.74) is 7.23. The lowest BCUT2D eigenvalue weighted by molar-refractivity contribution is -0.149. The van der Waals surface area contributed by atoms with Crippen molar-refractivity contribution in [2.75, 3.05) is 13.2 Å². The van der Waals surface area contributed by atoms with Crippen LogP contribution < -0.4 is 20.9 Å². The Hall–Kier alpha value is -3.45. The molecule has 0 bridgehead atoms. The first-order valence-corrected chi connectivity index (χ1v) is 13.1. The quantitative estimate of drug-likeness (QED) is 0.0961. The van der Waals surface area contributed by atoms with Crippen LogP contribution in [0.4, 0.5) is 0 Å². The van der Waals surface area contributed by atoms with E-state index < -0.39 is 62.2 Å². The Morgan fingerprint density at radius 3 is 2.47 bits per heavy atom. The molecule has 15 nitrogen and oxygen atoms in total. The average Bonchev–Trinajstić information content (AvgIpc) is 2.84. The minimum absolute atomic E-state index is 0.170. The van der Waals surface area contributed by atoms with Gasteiger partial charge in [-0.05, 0) is 45.4 Å². The maximum absolute atomic E-state index is 13.7. The molecule has 0 saturated carbocycles. The summed E-state index contributed by atoms with van der Waals surface area (Å²) < 4.78 is 36.6. The number of ether oxygens (including phenoxy) is 2. The van der Waals surface area contributed by atoms with E-state index in [4.69, 9.17) is 24.1 Å². The third-order valence-corrected chi connectivity index (χ3v) is 6.41. The molecule has 0 saturated heterocycles. The molecular formula is C22H31N6O9P. The first-order chi connectivity index (χ1) is 17.9. The van der Waals surface area contributed by atoms with E-state index in [1.165, 1.54) is 26.0 Å². The number of benzene rings is 1. The second-order valence-corrected chi connectivity index (χ2v) is 10.0. The fourth-order valence-electron chi connectivity index (χ4n) is 2.96. The van der Waals surface area contributed by atoms with Gasteiger partial charge >= 0.3 is 19.4 Å². The molecule has 2 rings (SSSR count). The summed E-state index contributed by atoms with van der Waals surface area (Å²) in [5.74, 6) is -0.529. The lowest BCUT2D eigenvalue weighted by atomic mass is 10.2. The summed E-state index contributed by atoms with van der Waals surface area (Å²) in [5, 5.41) is 16.2. The van der Waals surface area contributed by atoms with Crippen molar-refractivity contribution in [1.29, 1.82) is 0 Å². The van der Waals surface area contributed by atoms with Crippen LogP contribution >= 0.6 is 7.75 Å². The molecule has 0 radical (unpaired) electrons. The predicted octanol–water partition coefficient (Wildman–Crippen LogP) is 2.24. The van der Waals surface area contributed by atoms with Crippen molar-refractivity contribution in [3.05, 3.63) is 73.9 Å². The summed E-state index contributed by atoms with van der Waals surface area (Å²) in [4.78, 5) is 40.7. The second-order valence-electron chi connectivity index (χ2n) is 8.33. The first-order valence-electron chi connectivity index (χ1n) is 11.6. The highest BCUT2D eigenvalue weighted by molar-refractivity contribution is 7.52. The number of aliphatic hydroxyl groups excluding tert-OH is 1. The molecule has 0 spiro atoms. The number of para-hydroxylation sites is 1. The monoisotopic (exact) mass is 554 g/mol. The number of aromatic amines is 1. The molecule has 1 aromatic carbocycles. The van der Waals surface area contributed by atoms with Crippen LogP contribution in [0.2, 0.25) is 0 Å². The Morgan fingerprint density at radius 2 is 1.89 bits per heavy atom. The van der Waals surface area contributed by atoms with Crippen LogP contribution in [0, 0.1) is 0 Å². The number of aliphatic hydroxyl groups is 1. The number of aromatic nitrogens is 2. The zero-order chi connectivity index (χ0) is 28.3. The number of hydrogen-bond donors (Lipinski definition) is 3. The molecule has 0 amide bonds. The van der Waals surface area contributed by atoms with Crippen LogP contribution in [0.25, 0.3) is 10.4 Å². The molecule has 16 heteroatoms. The van der Waals surface area contributed by atoms with Crippen molar-refractivity contribution in [3.63, 3.8) is 0 Å². The molecule has 38 heavy (non-hydrogen) atoms. The Labute approximate surface area is 217 Å². The van der Waals surface area contributed by atoms with Crippen LogP contribution in [0.5, 0.6) is 5.75 Å². The van der Waals surface area contributed by atoms with Gasteiger partial charge in [0, 0.05) is 17.2 Å². The Morgan fingerprint density at radius 1 is 1.21 bits per heavy atom. The Kier molecular flexibility index (Phi) is 11.7. The van der Waals surface area contributed by atoms with Crippen molar-refractivity contribution < 1.29 is 33.0 Å². The molecule has 208 valence electrons. The molecule has 0 aliphatic carbocycles. The van der Waals surface area contributed by atoms with E-state index in [0.717, 1.165) is 16.8 Å². The van der Waals surface area contributed by atoms with Gasteiger partial charge in [-0.1, -0.05) is 23.3 Å². The zero-order valence-electron chi connectivity index (χ0n) is 21.3. The highest BCUT2D eigenvalue weighted by atomic mass is 31.2. The summed E-state index contributed by atoms with van der Waals surface area (Å²) in [6.07, 6.45) is -3.03. The van der Waals surface area contributed by atoms with E-state index in [9.17, 15) is 24.1 Å². The lowest BCUT2D eigenvalue weighted by Gasteiger charge is -2.29. The molecule has 2 aromatic rings. The van der Waals surface area contributed by atoms with Gasteiger partial charge in [-0.25, -0.2) is 9.36 Å². The molecule has 1 aromatic heterocycles. The predicted molar refractivity (Wildman–Crippen MR) is 135 cm³/mol. The van der Waals surface area contributed by atoms with E-state index in [2.05, 4.69) is 20.1 Å². The number of rotatable bonds is 15. The molecule has 0 fully saturated rings. The van der Waals surface area contributed by atoms with Crippen molar-refractivity contribution >= 4 is 13.7 Å². The van der Waals surface area contributed by atoms with E-state index in [1.54, 1.807) is 32.0 Å². The number of carbonyl (C=O) groups excluding carboxylic acids is 1. The van der Waals surface area contributed by atoms with Gasteiger partial charge in [-0.2, -0.15) is 5.09 Å². The van der Waals surface area contributed by atoms with Gasteiger partial charge in [0.1, 0.15) is 24.1 Å². The van der Waals surface area contributed by atoms with E-state index in [1.807, 2.05) is 0 Å². The Bertz CT molecular complexity index is 1260. The van der Waals surface area contributed by atoms with Gasteiger partial charge in [0.15, 0.2) is 0 Å². The van der Waals surface area contributed by atoms with E-state index >= 15 is 0 Å². The van der Waals surface area contributed by atoms with Gasteiger partial charge < -0.3 is 19.1 Å². The summed E-state index contributed by atoms with van der Waals surface area (Å²) in [6, 6.07) is 8.00. The normalized spacial score (nSPS) is 15.9. The number of esters is 1. The van der Waals surface area contributed by atoms with Crippen LogP contribution in [0.1, 0.15) is 33.9 Å². The number of nitrogens with one attached hydrogen (secondary N) is 2. The smallest absolute Gasteiger partial charge is 0.459 e. The molecule has 3 N–H and O–H groups in total. The number of azide groups is 1. The third-order valence-electron chi connectivity index (χ3n) is 4.77. The van der Waals surface area contributed by atoms with E-state index in [0.29, 0.717) is 0 Å². The SMILES string of the molecule is CC(C)OC(=O)[C@H](C)NP(=O)(OC[C@@H](O[C@H](CN=[N+]=[N-])n1ccc(=O)[nH]c1=O)C(C)O)Oc1ccccc1. The van der Waals surface area contributed by atoms with Crippen LogP contribution in [0.3, 0.4) is 0 Å². The minimum atomic E-state index is -4.28. The van der Waals surface area contributed by atoms with Gasteiger partial charge in [-0.15, -0.1) is 0 Å². The fourth-order valence-corrected chi connectivity index (χ4v) is 4.46. The highest BCUT2D eigenvalue weighted by Gasteiger charge is 2.35. The molecule has 2 unspecified atom stereocenters. The fraction of sp³-hybridized carbons (Fsp3) is 0.500. The molecule has 5 atom stereocenters. The summed E-state index contributed by atoms with van der Waals surface area (Å²) in [7, 11) is -4.28. The van der Waals surface area contributed by atoms with Gasteiger partial charge in [0.05, 0.1) is 25.4 Å². The number of carbonyl (C=O) groups is 1. The molecule has 1 heterocycles. The van der Waals surface area contributed by atoms with Crippen LogP contribution in [-0.4, -0.2) is 58.1 Å². The molecule has 0 aliphatic rings. The zero-order valence-corrected chi connectivity index (χ0v) is 22.2. The first kappa shape index (κ1) is 30.8. The van der Waals surface area contributed by atoms with Gasteiger partial charge in [0.25, 0.3) is 5.56 Å². The van der Waals surface area contributed by atoms with E-state index in [-0.39, 0.29) is 12.3 Å². The van der Waals surface area contributed by atoms with Crippen LogP contribution in [-0.2, 0) is 23.4 Å². The number of H-pyrrole nitrogens is 1. The van der Waals surface area contributed by atoms with Crippen molar-refractivity contribution in [3.8, 4) is 5.75 Å². The highest BCUT2D eigenvalue weighted by Crippen LogP contribution is 2.45. The van der Waals surface area contributed by atoms with Crippen molar-refractivity contribution in [2.45, 2.75) is 58.3 Å². The molecular weight excluding hydrogens is 523 g/mol. The Balaban J connectivity index is 2.29. The summed E-state index contributed by atoms with van der Waals surface area (Å²) >= 11 is 0. The van der Waals surface area contributed by atoms with Crippen molar-refractivity contribution in [1.82, 2.24) is 14.6 Å². The number of nitrogens with zero attached hydrogens (tertiary/aromatic N) is 4. The van der Waals surface area contributed by atoms with Crippen LogP contribution in [0.15, 0.2) is 57.3 Å². The second kappa shape index (κ2) is 14.5. The molecule has 0 aliphatic heterocycles. The maximum atomic E-state index is 13.7. The largest absolute Gasteiger partial charge is 0.462 e.